The summed E-state index contributed by atoms with van der Waals surface area (Å²) in [4.78, 5) is 26.3. The number of halogens is 3. The average Bonchev–Trinajstić information content (AvgIpc) is 2.70. The van der Waals surface area contributed by atoms with Crippen LogP contribution in [0.3, 0.4) is 0 Å². The lowest BCUT2D eigenvalue weighted by Crippen LogP contribution is -2.43. The maximum atomic E-state index is 12.9. The number of hydrogen-bond donors (Lipinski definition) is 2. The topological polar surface area (TPSA) is 61.4 Å². The van der Waals surface area contributed by atoms with Gasteiger partial charge in [0.05, 0.1) is 10.6 Å². The van der Waals surface area contributed by atoms with Gasteiger partial charge in [-0.3, -0.25) is 4.79 Å². The summed E-state index contributed by atoms with van der Waals surface area (Å²) in [7, 11) is 0. The summed E-state index contributed by atoms with van der Waals surface area (Å²) in [6.07, 6.45) is 1.56. The van der Waals surface area contributed by atoms with Crippen molar-refractivity contribution in [3.63, 3.8) is 0 Å². The van der Waals surface area contributed by atoms with Gasteiger partial charge < -0.3 is 15.5 Å². The normalized spacial score (nSPS) is 14.6. The van der Waals surface area contributed by atoms with Gasteiger partial charge >= 0.3 is 6.03 Å². The molecule has 0 atom stereocenters. The molecule has 28 heavy (non-hydrogen) atoms. The second-order valence-electron chi connectivity index (χ2n) is 6.70. The lowest BCUT2D eigenvalue weighted by Gasteiger charge is -2.32. The van der Waals surface area contributed by atoms with Gasteiger partial charge in [-0.25, -0.2) is 9.18 Å². The van der Waals surface area contributed by atoms with Crippen LogP contribution in [0.5, 0.6) is 0 Å². The zero-order valence-corrected chi connectivity index (χ0v) is 16.6. The molecular weight excluding hydrogens is 404 g/mol. The number of likely N-dealkylation sites (tertiary alicyclic amines) is 1. The number of benzene rings is 2. The first-order valence-electron chi connectivity index (χ1n) is 8.97. The molecule has 0 aliphatic carbocycles. The molecule has 1 aliphatic rings. The molecule has 0 radical (unpaired) electrons. The van der Waals surface area contributed by atoms with Gasteiger partial charge in [0.15, 0.2) is 0 Å². The molecule has 0 unspecified atom stereocenters. The van der Waals surface area contributed by atoms with Crippen LogP contribution in [0.1, 0.15) is 23.2 Å². The maximum absolute atomic E-state index is 12.9. The Morgan fingerprint density at radius 2 is 1.75 bits per heavy atom. The molecule has 5 nitrogen and oxygen atoms in total. The zero-order valence-electron chi connectivity index (χ0n) is 15.1. The SMILES string of the molecule is O=C(NCC1CCN(C(=O)Nc2ccc(F)cc2)CC1)c1cc(Cl)ccc1Cl. The minimum atomic E-state index is -0.347. The van der Waals surface area contributed by atoms with E-state index < -0.39 is 0 Å². The third kappa shape index (κ3) is 5.36. The highest BCUT2D eigenvalue weighted by molar-refractivity contribution is 6.35. The zero-order chi connectivity index (χ0) is 20.1. The van der Waals surface area contributed by atoms with E-state index in [1.807, 2.05) is 0 Å². The van der Waals surface area contributed by atoms with E-state index in [0.29, 0.717) is 40.9 Å². The molecule has 8 heteroatoms. The van der Waals surface area contributed by atoms with E-state index in [1.165, 1.54) is 24.3 Å². The monoisotopic (exact) mass is 423 g/mol. The van der Waals surface area contributed by atoms with Crippen molar-refractivity contribution in [3.8, 4) is 0 Å². The lowest BCUT2D eigenvalue weighted by atomic mass is 9.97. The Morgan fingerprint density at radius 1 is 1.07 bits per heavy atom. The molecule has 1 aliphatic heterocycles. The summed E-state index contributed by atoms with van der Waals surface area (Å²) in [6, 6.07) is 10.2. The van der Waals surface area contributed by atoms with E-state index in [2.05, 4.69) is 10.6 Å². The fraction of sp³-hybridized carbons (Fsp3) is 0.300. The Labute approximate surface area is 172 Å². The van der Waals surface area contributed by atoms with Gasteiger partial charge in [-0.1, -0.05) is 23.2 Å². The van der Waals surface area contributed by atoms with Crippen molar-refractivity contribution in [3.05, 3.63) is 63.9 Å². The van der Waals surface area contributed by atoms with Crippen molar-refractivity contribution in [2.24, 2.45) is 5.92 Å². The molecule has 2 aromatic rings. The van der Waals surface area contributed by atoms with Crippen LogP contribution >= 0.6 is 23.2 Å². The molecule has 1 heterocycles. The highest BCUT2D eigenvalue weighted by Gasteiger charge is 2.23. The third-order valence-corrected chi connectivity index (χ3v) is 5.29. The van der Waals surface area contributed by atoms with E-state index in [1.54, 1.807) is 23.1 Å². The molecule has 0 spiro atoms. The van der Waals surface area contributed by atoms with Crippen LogP contribution in [0.2, 0.25) is 10.0 Å². The molecule has 3 rings (SSSR count). The summed E-state index contributed by atoms with van der Waals surface area (Å²) in [5.74, 6) is -0.333. The van der Waals surface area contributed by atoms with Gasteiger partial charge in [-0.05, 0) is 61.2 Å². The van der Waals surface area contributed by atoms with Crippen molar-refractivity contribution < 1.29 is 14.0 Å². The smallest absolute Gasteiger partial charge is 0.321 e. The fourth-order valence-electron chi connectivity index (χ4n) is 3.08. The van der Waals surface area contributed by atoms with Gasteiger partial charge in [0, 0.05) is 30.3 Å². The Hall–Kier alpha value is -2.31. The number of hydrogen-bond acceptors (Lipinski definition) is 2. The molecule has 0 bridgehead atoms. The summed E-state index contributed by atoms with van der Waals surface area (Å²) in [5, 5.41) is 6.46. The Bertz CT molecular complexity index is 853. The molecule has 3 amide bonds. The quantitative estimate of drug-likeness (QED) is 0.741. The lowest BCUT2D eigenvalue weighted by molar-refractivity contribution is 0.0939. The van der Waals surface area contributed by atoms with Crippen molar-refractivity contribution in [1.82, 2.24) is 10.2 Å². The second-order valence-corrected chi connectivity index (χ2v) is 7.55. The van der Waals surface area contributed by atoms with Gasteiger partial charge in [0.1, 0.15) is 5.82 Å². The van der Waals surface area contributed by atoms with Crippen LogP contribution in [-0.4, -0.2) is 36.5 Å². The van der Waals surface area contributed by atoms with E-state index >= 15 is 0 Å². The van der Waals surface area contributed by atoms with Crippen molar-refractivity contribution in [2.45, 2.75) is 12.8 Å². The Morgan fingerprint density at radius 3 is 2.43 bits per heavy atom. The van der Waals surface area contributed by atoms with Crippen molar-refractivity contribution in [2.75, 3.05) is 25.0 Å². The molecule has 1 fully saturated rings. The first-order chi connectivity index (χ1) is 13.4. The van der Waals surface area contributed by atoms with E-state index in [0.717, 1.165) is 12.8 Å². The van der Waals surface area contributed by atoms with Crippen LogP contribution in [0.15, 0.2) is 42.5 Å². The fourth-order valence-corrected chi connectivity index (χ4v) is 3.46. The van der Waals surface area contributed by atoms with Gasteiger partial charge in [0.25, 0.3) is 5.91 Å². The minimum Gasteiger partial charge on any atom is -0.352 e. The summed E-state index contributed by atoms with van der Waals surface area (Å²) < 4.78 is 12.9. The van der Waals surface area contributed by atoms with Crippen molar-refractivity contribution in [1.29, 1.82) is 0 Å². The van der Waals surface area contributed by atoms with Gasteiger partial charge in [0.2, 0.25) is 0 Å². The second kappa shape index (κ2) is 9.26. The summed E-state index contributed by atoms with van der Waals surface area (Å²) in [6.45, 7) is 1.69. The highest BCUT2D eigenvalue weighted by atomic mass is 35.5. The number of nitrogens with zero attached hydrogens (tertiary/aromatic N) is 1. The summed E-state index contributed by atoms with van der Waals surface area (Å²) in [5.41, 5.74) is 0.907. The Balaban J connectivity index is 1.45. The molecule has 1 saturated heterocycles. The number of piperidine rings is 1. The van der Waals surface area contributed by atoms with Gasteiger partial charge in [-0.2, -0.15) is 0 Å². The van der Waals surface area contributed by atoms with E-state index in [-0.39, 0.29) is 23.7 Å². The van der Waals surface area contributed by atoms with Crippen LogP contribution in [-0.2, 0) is 0 Å². The highest BCUT2D eigenvalue weighted by Crippen LogP contribution is 2.22. The van der Waals surface area contributed by atoms with E-state index in [9.17, 15) is 14.0 Å². The average molecular weight is 424 g/mol. The molecule has 2 aromatic carbocycles. The van der Waals surface area contributed by atoms with Crippen LogP contribution in [0.25, 0.3) is 0 Å². The summed E-state index contributed by atoms with van der Waals surface area (Å²) >= 11 is 12.0. The standard InChI is InChI=1S/C20H20Cl2FN3O2/c21-14-1-6-18(22)17(11-14)19(27)24-12-13-7-9-26(10-8-13)20(28)25-16-4-2-15(23)3-5-16/h1-6,11,13H,7-10,12H2,(H,24,27)(H,25,28). The number of carbonyl (C=O) groups excluding carboxylic acids is 2. The first kappa shape index (κ1) is 20.4. The minimum absolute atomic E-state index is 0.209. The largest absolute Gasteiger partial charge is 0.352 e. The molecule has 2 N–H and O–H groups in total. The number of anilines is 1. The number of nitrogens with one attached hydrogen (secondary N) is 2. The van der Waals surface area contributed by atoms with E-state index in [4.69, 9.17) is 23.2 Å². The molecular formula is C20H20Cl2FN3O2. The van der Waals surface area contributed by atoms with Crippen LogP contribution in [0.4, 0.5) is 14.9 Å². The maximum Gasteiger partial charge on any atom is 0.321 e. The van der Waals surface area contributed by atoms with Gasteiger partial charge in [-0.15, -0.1) is 0 Å². The molecule has 148 valence electrons. The number of amides is 3. The van der Waals surface area contributed by atoms with Crippen LogP contribution in [0, 0.1) is 11.7 Å². The van der Waals surface area contributed by atoms with Crippen molar-refractivity contribution >= 4 is 40.8 Å². The third-order valence-electron chi connectivity index (χ3n) is 4.72. The number of urea groups is 1. The molecule has 0 saturated carbocycles. The Kier molecular flexibility index (Phi) is 6.75. The number of carbonyl (C=O) groups is 2. The van der Waals surface area contributed by atoms with Crippen LogP contribution < -0.4 is 10.6 Å². The number of rotatable bonds is 4. The predicted molar refractivity (Wildman–Crippen MR) is 109 cm³/mol. The first-order valence-corrected chi connectivity index (χ1v) is 9.72. The predicted octanol–water partition coefficient (Wildman–Crippen LogP) is 4.81. The molecule has 0 aromatic heterocycles.